The standard InChI is InChI=1S/C6H7N3OS/c1-4-5(11-8-7-4)6(10)9-2-3-9/h2-3H2,1H3. The number of aromatic nitrogens is 2. The van der Waals surface area contributed by atoms with E-state index in [2.05, 4.69) is 9.59 Å². The number of aryl methyl sites for hydroxylation is 1. The van der Waals surface area contributed by atoms with Crippen LogP contribution in [0.3, 0.4) is 0 Å². The number of carbonyl (C=O) groups is 1. The third-order valence-corrected chi connectivity index (χ3v) is 2.40. The first-order valence-electron chi connectivity index (χ1n) is 3.37. The van der Waals surface area contributed by atoms with Gasteiger partial charge in [0.2, 0.25) is 0 Å². The summed E-state index contributed by atoms with van der Waals surface area (Å²) >= 11 is 1.17. The van der Waals surface area contributed by atoms with E-state index < -0.39 is 0 Å². The summed E-state index contributed by atoms with van der Waals surface area (Å²) in [5, 5.41) is 3.77. The van der Waals surface area contributed by atoms with Gasteiger partial charge in [-0.05, 0) is 18.5 Å². The Morgan fingerprint density at radius 2 is 2.36 bits per heavy atom. The highest BCUT2D eigenvalue weighted by Crippen LogP contribution is 2.16. The molecule has 2 heterocycles. The molecule has 1 aliphatic heterocycles. The zero-order valence-electron chi connectivity index (χ0n) is 6.07. The Kier molecular flexibility index (Phi) is 1.38. The normalized spacial score (nSPS) is 15.2. The second-order valence-electron chi connectivity index (χ2n) is 2.48. The van der Waals surface area contributed by atoms with Crippen LogP contribution < -0.4 is 0 Å². The molecule has 1 amide bonds. The fraction of sp³-hybridized carbons (Fsp3) is 0.500. The Morgan fingerprint density at radius 3 is 2.82 bits per heavy atom. The van der Waals surface area contributed by atoms with Gasteiger partial charge in [0.15, 0.2) is 0 Å². The van der Waals surface area contributed by atoms with Gasteiger partial charge in [-0.2, -0.15) is 0 Å². The molecule has 1 aromatic rings. The molecule has 0 unspecified atom stereocenters. The highest BCUT2D eigenvalue weighted by molar-refractivity contribution is 7.08. The number of nitrogens with zero attached hydrogens (tertiary/aromatic N) is 3. The topological polar surface area (TPSA) is 45.9 Å². The summed E-state index contributed by atoms with van der Waals surface area (Å²) in [7, 11) is 0. The zero-order chi connectivity index (χ0) is 7.84. The first-order chi connectivity index (χ1) is 5.29. The molecule has 0 radical (unpaired) electrons. The van der Waals surface area contributed by atoms with Crippen molar-refractivity contribution in [2.45, 2.75) is 6.92 Å². The molecule has 0 spiro atoms. The Bertz CT molecular complexity index is 292. The minimum Gasteiger partial charge on any atom is -0.334 e. The fourth-order valence-electron chi connectivity index (χ4n) is 0.824. The van der Waals surface area contributed by atoms with Gasteiger partial charge >= 0.3 is 0 Å². The van der Waals surface area contributed by atoms with Crippen LogP contribution in [0.2, 0.25) is 0 Å². The molecule has 11 heavy (non-hydrogen) atoms. The maximum absolute atomic E-state index is 11.3. The second-order valence-corrected chi connectivity index (χ2v) is 3.23. The third-order valence-electron chi connectivity index (χ3n) is 1.58. The smallest absolute Gasteiger partial charge is 0.267 e. The van der Waals surface area contributed by atoms with E-state index in [-0.39, 0.29) is 5.91 Å². The van der Waals surface area contributed by atoms with E-state index >= 15 is 0 Å². The predicted octanol–water partition coefficient (Wildman–Crippen LogP) is 0.302. The Hall–Kier alpha value is -0.970. The summed E-state index contributed by atoms with van der Waals surface area (Å²) in [6, 6.07) is 0. The summed E-state index contributed by atoms with van der Waals surface area (Å²) in [6.07, 6.45) is 0. The molecule has 2 rings (SSSR count). The molecule has 5 heteroatoms. The van der Waals surface area contributed by atoms with Crippen molar-refractivity contribution >= 4 is 17.4 Å². The van der Waals surface area contributed by atoms with Gasteiger partial charge in [0.05, 0.1) is 5.69 Å². The number of carbonyl (C=O) groups excluding carboxylic acids is 1. The Balaban J connectivity index is 2.27. The highest BCUT2D eigenvalue weighted by Gasteiger charge is 2.27. The van der Waals surface area contributed by atoms with Crippen LogP contribution >= 0.6 is 11.5 Å². The van der Waals surface area contributed by atoms with Crippen molar-refractivity contribution in [3.63, 3.8) is 0 Å². The van der Waals surface area contributed by atoms with Gasteiger partial charge in [0.1, 0.15) is 4.88 Å². The van der Waals surface area contributed by atoms with Crippen LogP contribution in [-0.2, 0) is 0 Å². The maximum Gasteiger partial charge on any atom is 0.267 e. The van der Waals surface area contributed by atoms with Crippen LogP contribution in [0.1, 0.15) is 15.4 Å². The average molecular weight is 169 g/mol. The largest absolute Gasteiger partial charge is 0.334 e. The van der Waals surface area contributed by atoms with Crippen molar-refractivity contribution < 1.29 is 4.79 Å². The van der Waals surface area contributed by atoms with Crippen LogP contribution in [0.4, 0.5) is 0 Å². The van der Waals surface area contributed by atoms with Crippen molar-refractivity contribution in [3.05, 3.63) is 10.6 Å². The van der Waals surface area contributed by atoms with Crippen molar-refractivity contribution in [2.24, 2.45) is 0 Å². The van der Waals surface area contributed by atoms with Gasteiger partial charge in [-0.25, -0.2) is 0 Å². The van der Waals surface area contributed by atoms with E-state index in [4.69, 9.17) is 0 Å². The summed E-state index contributed by atoms with van der Waals surface area (Å²) in [5.41, 5.74) is 0.743. The summed E-state index contributed by atoms with van der Waals surface area (Å²) in [4.78, 5) is 13.8. The molecule has 0 saturated carbocycles. The van der Waals surface area contributed by atoms with E-state index in [0.29, 0.717) is 4.88 Å². The number of hydrogen-bond acceptors (Lipinski definition) is 4. The van der Waals surface area contributed by atoms with Crippen LogP contribution in [0, 0.1) is 6.92 Å². The fourth-order valence-corrected chi connectivity index (χ4v) is 1.45. The predicted molar refractivity (Wildman–Crippen MR) is 40.5 cm³/mol. The molecule has 0 N–H and O–H groups in total. The molecular formula is C6H7N3OS. The first-order valence-corrected chi connectivity index (χ1v) is 4.14. The zero-order valence-corrected chi connectivity index (χ0v) is 6.89. The molecule has 1 fully saturated rings. The Morgan fingerprint density at radius 1 is 1.64 bits per heavy atom. The van der Waals surface area contributed by atoms with Gasteiger partial charge < -0.3 is 4.90 Å². The quantitative estimate of drug-likeness (QED) is 0.568. The first kappa shape index (κ1) is 6.72. The van der Waals surface area contributed by atoms with Gasteiger partial charge in [0, 0.05) is 13.1 Å². The summed E-state index contributed by atoms with van der Waals surface area (Å²) in [5.74, 6) is 0.0810. The lowest BCUT2D eigenvalue weighted by Gasteiger charge is -1.95. The van der Waals surface area contributed by atoms with Crippen molar-refractivity contribution in [1.29, 1.82) is 0 Å². The Labute approximate surface area is 68.0 Å². The average Bonchev–Trinajstić information content (AvgIpc) is 2.74. The number of amides is 1. The summed E-state index contributed by atoms with van der Waals surface area (Å²) < 4.78 is 3.70. The van der Waals surface area contributed by atoms with Crippen molar-refractivity contribution in [3.8, 4) is 0 Å². The molecule has 0 aliphatic carbocycles. The van der Waals surface area contributed by atoms with Gasteiger partial charge in [-0.1, -0.05) is 4.49 Å². The second kappa shape index (κ2) is 2.27. The van der Waals surface area contributed by atoms with Gasteiger partial charge in [-0.15, -0.1) is 5.10 Å². The lowest BCUT2D eigenvalue weighted by atomic mass is 10.4. The third kappa shape index (κ3) is 1.11. The molecule has 1 aliphatic rings. The molecule has 0 aromatic carbocycles. The number of rotatable bonds is 1. The summed E-state index contributed by atoms with van der Waals surface area (Å²) in [6.45, 7) is 3.58. The highest BCUT2D eigenvalue weighted by atomic mass is 32.1. The molecule has 0 atom stereocenters. The lowest BCUT2D eigenvalue weighted by molar-refractivity contribution is 0.0889. The van der Waals surface area contributed by atoms with E-state index in [1.807, 2.05) is 0 Å². The van der Waals surface area contributed by atoms with Crippen LogP contribution in [-0.4, -0.2) is 33.5 Å². The van der Waals surface area contributed by atoms with Crippen molar-refractivity contribution in [2.75, 3.05) is 13.1 Å². The molecular weight excluding hydrogens is 162 g/mol. The van der Waals surface area contributed by atoms with Gasteiger partial charge in [0.25, 0.3) is 5.91 Å². The monoisotopic (exact) mass is 169 g/mol. The lowest BCUT2D eigenvalue weighted by Crippen LogP contribution is -2.09. The van der Waals surface area contributed by atoms with Crippen LogP contribution in [0.15, 0.2) is 0 Å². The molecule has 58 valence electrons. The van der Waals surface area contributed by atoms with Gasteiger partial charge in [-0.3, -0.25) is 4.79 Å². The van der Waals surface area contributed by atoms with Crippen molar-refractivity contribution in [1.82, 2.24) is 14.5 Å². The molecule has 4 nitrogen and oxygen atoms in total. The number of hydrogen-bond donors (Lipinski definition) is 0. The molecule has 1 aromatic heterocycles. The molecule has 0 bridgehead atoms. The van der Waals surface area contributed by atoms with E-state index in [1.165, 1.54) is 11.5 Å². The van der Waals surface area contributed by atoms with E-state index in [0.717, 1.165) is 18.8 Å². The van der Waals surface area contributed by atoms with Crippen LogP contribution in [0.25, 0.3) is 0 Å². The molecule has 1 saturated heterocycles. The van der Waals surface area contributed by atoms with E-state index in [9.17, 15) is 4.79 Å². The SMILES string of the molecule is Cc1nnsc1C(=O)N1CC1. The minimum atomic E-state index is 0.0810. The minimum absolute atomic E-state index is 0.0810. The maximum atomic E-state index is 11.3. The van der Waals surface area contributed by atoms with Crippen LogP contribution in [0.5, 0.6) is 0 Å². The van der Waals surface area contributed by atoms with E-state index in [1.54, 1.807) is 11.8 Å².